The molecule has 0 radical (unpaired) electrons. The number of aromatic nitrogens is 1. The molecule has 150 valence electrons. The highest BCUT2D eigenvalue weighted by atomic mass is 32.1. The van der Waals surface area contributed by atoms with Crippen LogP contribution in [0.2, 0.25) is 0 Å². The number of amides is 1. The fraction of sp³-hybridized carbons (Fsp3) is 0.304. The Morgan fingerprint density at radius 2 is 2.10 bits per heavy atom. The zero-order valence-corrected chi connectivity index (χ0v) is 16.9. The molecule has 1 saturated heterocycles. The highest BCUT2D eigenvalue weighted by Crippen LogP contribution is 2.32. The van der Waals surface area contributed by atoms with Crippen LogP contribution in [0.5, 0.6) is 0 Å². The average Bonchev–Trinajstić information content (AvgIpc) is 3.27. The number of rotatable bonds is 6. The molecule has 6 heteroatoms. The van der Waals surface area contributed by atoms with Gasteiger partial charge < -0.3 is 5.32 Å². The lowest BCUT2D eigenvalue weighted by Crippen LogP contribution is -2.42. The van der Waals surface area contributed by atoms with Gasteiger partial charge in [0.1, 0.15) is 10.8 Å². The topological polar surface area (TPSA) is 45.2 Å². The molecule has 1 aliphatic heterocycles. The van der Waals surface area contributed by atoms with E-state index in [1.165, 1.54) is 6.07 Å². The molecule has 1 aliphatic rings. The Bertz CT molecular complexity index is 932. The number of nitrogens with zero attached hydrogens (tertiary/aromatic N) is 2. The summed E-state index contributed by atoms with van der Waals surface area (Å²) in [6, 6.07) is 15.9. The van der Waals surface area contributed by atoms with Crippen molar-refractivity contribution in [1.29, 1.82) is 0 Å². The Morgan fingerprint density at radius 3 is 2.86 bits per heavy atom. The molecule has 0 unspecified atom stereocenters. The Morgan fingerprint density at radius 1 is 1.24 bits per heavy atom. The molecule has 2 atom stereocenters. The number of hydrogen-bond acceptors (Lipinski definition) is 4. The van der Waals surface area contributed by atoms with Crippen LogP contribution >= 0.6 is 11.3 Å². The third kappa shape index (κ3) is 5.08. The number of likely N-dealkylation sites (tertiary alicyclic amines) is 1. The van der Waals surface area contributed by atoms with Crippen molar-refractivity contribution in [3.8, 4) is 0 Å². The van der Waals surface area contributed by atoms with E-state index in [-0.39, 0.29) is 23.7 Å². The van der Waals surface area contributed by atoms with E-state index in [1.54, 1.807) is 29.7 Å². The molecule has 4 nitrogen and oxygen atoms in total. The summed E-state index contributed by atoms with van der Waals surface area (Å²) in [5.41, 5.74) is 1.63. The summed E-state index contributed by atoms with van der Waals surface area (Å²) in [6.07, 6.45) is 3.86. The largest absolute Gasteiger partial charge is 0.342 e. The molecule has 3 aromatic rings. The van der Waals surface area contributed by atoms with Gasteiger partial charge in [0.25, 0.3) is 5.91 Å². The van der Waals surface area contributed by atoms with Gasteiger partial charge in [0.2, 0.25) is 0 Å². The van der Waals surface area contributed by atoms with Crippen LogP contribution in [0, 0.1) is 11.7 Å². The van der Waals surface area contributed by atoms with Crippen molar-refractivity contribution in [3.63, 3.8) is 0 Å². The first-order chi connectivity index (χ1) is 14.2. The van der Waals surface area contributed by atoms with E-state index in [2.05, 4.69) is 15.2 Å². The molecule has 29 heavy (non-hydrogen) atoms. The maximum Gasteiger partial charge on any atom is 0.251 e. The first kappa shape index (κ1) is 19.7. The summed E-state index contributed by atoms with van der Waals surface area (Å²) < 4.78 is 13.5. The van der Waals surface area contributed by atoms with E-state index in [0.29, 0.717) is 12.1 Å². The zero-order chi connectivity index (χ0) is 20.1. The van der Waals surface area contributed by atoms with Gasteiger partial charge in [0.15, 0.2) is 0 Å². The zero-order valence-electron chi connectivity index (χ0n) is 16.1. The van der Waals surface area contributed by atoms with Gasteiger partial charge in [-0.25, -0.2) is 9.37 Å². The lowest BCUT2D eigenvalue weighted by Gasteiger charge is -2.36. The number of piperidine rings is 1. The Kier molecular flexibility index (Phi) is 6.32. The van der Waals surface area contributed by atoms with Crippen molar-refractivity contribution in [3.05, 3.63) is 88.1 Å². The van der Waals surface area contributed by atoms with Crippen molar-refractivity contribution in [1.82, 2.24) is 15.2 Å². The Hall–Kier alpha value is -2.57. The third-order valence-electron chi connectivity index (χ3n) is 5.35. The lowest BCUT2D eigenvalue weighted by molar-refractivity contribution is 0.0877. The van der Waals surface area contributed by atoms with Crippen molar-refractivity contribution < 1.29 is 9.18 Å². The number of thiazole rings is 1. The molecule has 4 rings (SSSR count). The van der Waals surface area contributed by atoms with Crippen molar-refractivity contribution in [2.75, 3.05) is 13.1 Å². The molecule has 0 bridgehead atoms. The Balaban J connectivity index is 1.49. The second-order valence-corrected chi connectivity index (χ2v) is 8.38. The first-order valence-corrected chi connectivity index (χ1v) is 10.8. The smallest absolute Gasteiger partial charge is 0.251 e. The second-order valence-electron chi connectivity index (χ2n) is 7.45. The summed E-state index contributed by atoms with van der Waals surface area (Å²) >= 11 is 1.58. The molecule has 2 aromatic carbocycles. The van der Waals surface area contributed by atoms with Crippen molar-refractivity contribution >= 4 is 17.2 Å². The van der Waals surface area contributed by atoms with Crippen LogP contribution in [0.15, 0.2) is 66.2 Å². The van der Waals surface area contributed by atoms with Gasteiger partial charge in [-0.05, 0) is 55.1 Å². The van der Waals surface area contributed by atoms with Gasteiger partial charge in [0, 0.05) is 30.2 Å². The maximum atomic E-state index is 13.5. The number of carbonyl (C=O) groups excluding carboxylic acids is 1. The van der Waals surface area contributed by atoms with Gasteiger partial charge >= 0.3 is 0 Å². The van der Waals surface area contributed by atoms with E-state index < -0.39 is 0 Å². The van der Waals surface area contributed by atoms with Crippen LogP contribution in [0.3, 0.4) is 0 Å². The monoisotopic (exact) mass is 409 g/mol. The number of carbonyl (C=O) groups is 1. The van der Waals surface area contributed by atoms with E-state index >= 15 is 0 Å². The number of benzene rings is 2. The van der Waals surface area contributed by atoms with E-state index in [0.717, 1.165) is 36.5 Å². The normalized spacial score (nSPS) is 18.3. The molecular formula is C23H24FN3OS. The maximum absolute atomic E-state index is 13.5. The SMILES string of the molecule is O=C(N[C@H](c1nccs1)[C@H]1CCCN(Cc2cccc(F)c2)C1)c1ccccc1. The van der Waals surface area contributed by atoms with Crippen molar-refractivity contribution in [2.45, 2.75) is 25.4 Å². The fourth-order valence-corrected chi connectivity index (χ4v) is 4.76. The van der Waals surface area contributed by atoms with Gasteiger partial charge in [-0.1, -0.05) is 30.3 Å². The minimum Gasteiger partial charge on any atom is -0.342 e. The van der Waals surface area contributed by atoms with E-state index in [9.17, 15) is 9.18 Å². The first-order valence-electron chi connectivity index (χ1n) is 9.91. The summed E-state index contributed by atoms with van der Waals surface area (Å²) in [4.78, 5) is 19.7. The van der Waals surface area contributed by atoms with Crippen LogP contribution < -0.4 is 5.32 Å². The number of halogens is 1. The van der Waals surface area contributed by atoms with Crippen LogP contribution in [0.1, 0.15) is 39.8 Å². The highest BCUT2D eigenvalue weighted by Gasteiger charge is 2.31. The molecule has 1 aromatic heterocycles. The minimum atomic E-state index is -0.202. The second kappa shape index (κ2) is 9.29. The Labute approximate surface area is 174 Å². The lowest BCUT2D eigenvalue weighted by atomic mass is 9.90. The van der Waals surface area contributed by atoms with Gasteiger partial charge in [-0.3, -0.25) is 9.69 Å². The molecule has 1 N–H and O–H groups in total. The quantitative estimate of drug-likeness (QED) is 0.644. The molecule has 0 aliphatic carbocycles. The third-order valence-corrected chi connectivity index (χ3v) is 6.21. The predicted octanol–water partition coefficient (Wildman–Crippen LogP) is 4.67. The predicted molar refractivity (Wildman–Crippen MR) is 113 cm³/mol. The summed E-state index contributed by atoms with van der Waals surface area (Å²) in [6.45, 7) is 2.53. The average molecular weight is 410 g/mol. The van der Waals surface area contributed by atoms with Gasteiger partial charge in [-0.2, -0.15) is 0 Å². The summed E-state index contributed by atoms with van der Waals surface area (Å²) in [5, 5.41) is 6.11. The van der Waals surface area contributed by atoms with Crippen LogP contribution in [0.25, 0.3) is 0 Å². The van der Waals surface area contributed by atoms with Gasteiger partial charge in [-0.15, -0.1) is 11.3 Å². The van der Waals surface area contributed by atoms with Crippen LogP contribution in [-0.4, -0.2) is 28.9 Å². The standard InChI is InChI=1S/C23H24FN3OS/c24-20-10-4-6-17(14-20)15-27-12-5-9-19(16-27)21(23-25-11-13-29-23)26-22(28)18-7-2-1-3-8-18/h1-4,6-8,10-11,13-14,19,21H,5,9,12,15-16H2,(H,26,28)/t19-,21-/m0/s1. The molecular weight excluding hydrogens is 385 g/mol. The molecule has 1 fully saturated rings. The van der Waals surface area contributed by atoms with Crippen LogP contribution in [0.4, 0.5) is 4.39 Å². The minimum absolute atomic E-state index is 0.0759. The van der Waals surface area contributed by atoms with Gasteiger partial charge in [0.05, 0.1) is 6.04 Å². The summed E-state index contributed by atoms with van der Waals surface area (Å²) in [7, 11) is 0. The fourth-order valence-electron chi connectivity index (χ4n) is 3.98. The van der Waals surface area contributed by atoms with E-state index in [1.807, 2.05) is 41.8 Å². The highest BCUT2D eigenvalue weighted by molar-refractivity contribution is 7.09. The van der Waals surface area contributed by atoms with Crippen molar-refractivity contribution in [2.24, 2.45) is 5.92 Å². The molecule has 2 heterocycles. The van der Waals surface area contributed by atoms with Crippen LogP contribution in [-0.2, 0) is 6.54 Å². The molecule has 1 amide bonds. The summed E-state index contributed by atoms with van der Waals surface area (Å²) in [5.74, 6) is -0.0176. The van der Waals surface area contributed by atoms with E-state index in [4.69, 9.17) is 0 Å². The molecule has 0 spiro atoms. The number of hydrogen-bond donors (Lipinski definition) is 1. The number of nitrogens with one attached hydrogen (secondary N) is 1. The molecule has 0 saturated carbocycles.